The zero-order valence-electron chi connectivity index (χ0n) is 12.9. The molecule has 25 heavy (non-hydrogen) atoms. The smallest absolute Gasteiger partial charge is 0.368 e. The third kappa shape index (κ3) is 4.27. The molecule has 132 valence electrons. The van der Waals surface area contributed by atoms with Gasteiger partial charge in [0, 0.05) is 6.20 Å². The third-order valence-corrected chi connectivity index (χ3v) is 4.11. The Kier molecular flexibility index (Phi) is 5.18. The number of para-hydroxylation sites is 1. The lowest BCUT2D eigenvalue weighted by molar-refractivity contribution is -0.00905. The number of nitrogens with two attached hydrogens (primary N) is 1. The van der Waals surface area contributed by atoms with E-state index in [4.69, 9.17) is 19.5 Å². The number of nitrogens with zero attached hydrogens (tertiary/aromatic N) is 2. The van der Waals surface area contributed by atoms with Gasteiger partial charge in [0.15, 0.2) is 0 Å². The predicted octanol–water partition coefficient (Wildman–Crippen LogP) is 1.08. The molecule has 0 spiro atoms. The number of aliphatic hydroxyl groups excluding tert-OH is 1. The van der Waals surface area contributed by atoms with Gasteiger partial charge in [-0.2, -0.15) is 4.98 Å². The summed E-state index contributed by atoms with van der Waals surface area (Å²) in [5, 5.41) is 10.0. The van der Waals surface area contributed by atoms with E-state index in [0.29, 0.717) is 5.75 Å². The van der Waals surface area contributed by atoms with Crippen molar-refractivity contribution in [3.05, 3.63) is 64.9 Å². The predicted molar refractivity (Wildman–Crippen MR) is 89.1 cm³/mol. The maximum absolute atomic E-state index is 11.8. The van der Waals surface area contributed by atoms with E-state index in [2.05, 4.69) is 4.98 Å². The molecule has 3 atom stereocenters. The number of aliphatic hydroxyl groups is 1. The maximum Gasteiger partial charge on any atom is 0.368 e. The third-order valence-electron chi connectivity index (χ3n) is 3.32. The molecule has 3 N–H and O–H groups in total. The summed E-state index contributed by atoms with van der Waals surface area (Å²) in [6, 6.07) is 10.0. The quantitative estimate of drug-likeness (QED) is 0.729. The van der Waals surface area contributed by atoms with Gasteiger partial charge in [0.2, 0.25) is 6.23 Å². The minimum Gasteiger partial charge on any atom is -0.469 e. The van der Waals surface area contributed by atoms with Crippen molar-refractivity contribution in [2.75, 3.05) is 12.3 Å². The average molecular weight is 365 g/mol. The number of rotatable bonds is 6. The first-order valence-corrected chi connectivity index (χ1v) is 8.55. The second-order valence-corrected chi connectivity index (χ2v) is 6.12. The van der Waals surface area contributed by atoms with Crippen LogP contribution in [0.4, 0.5) is 5.82 Å². The zero-order valence-corrected chi connectivity index (χ0v) is 13.9. The van der Waals surface area contributed by atoms with Crippen molar-refractivity contribution in [2.24, 2.45) is 0 Å². The molecule has 9 nitrogen and oxygen atoms in total. The Bertz CT molecular complexity index is 854. The molecule has 10 heteroatoms. The minimum absolute atomic E-state index is 0.0712. The molecule has 0 fully saturated rings. The van der Waals surface area contributed by atoms with Gasteiger partial charge in [0.1, 0.15) is 30.0 Å². The SMILES string of the molecule is Nc1ccn([C@@H]2OC(CO[PH](=O)Oc3ccccc3)=C[C@H]2O)c(=O)n1. The van der Waals surface area contributed by atoms with Crippen LogP contribution in [-0.2, 0) is 13.8 Å². The summed E-state index contributed by atoms with van der Waals surface area (Å²) in [5.74, 6) is 0.725. The summed E-state index contributed by atoms with van der Waals surface area (Å²) in [7, 11) is -2.79. The Balaban J connectivity index is 1.57. The van der Waals surface area contributed by atoms with Crippen LogP contribution < -0.4 is 15.9 Å². The van der Waals surface area contributed by atoms with Crippen LogP contribution in [0.15, 0.2) is 59.2 Å². The van der Waals surface area contributed by atoms with Crippen LogP contribution in [0.3, 0.4) is 0 Å². The lowest BCUT2D eigenvalue weighted by Crippen LogP contribution is -2.32. The van der Waals surface area contributed by atoms with Crippen molar-refractivity contribution in [2.45, 2.75) is 12.3 Å². The van der Waals surface area contributed by atoms with Crippen LogP contribution in [0.2, 0.25) is 0 Å². The van der Waals surface area contributed by atoms with E-state index in [-0.39, 0.29) is 18.2 Å². The first kappa shape index (κ1) is 17.2. The van der Waals surface area contributed by atoms with E-state index in [9.17, 15) is 14.5 Å². The van der Waals surface area contributed by atoms with Crippen molar-refractivity contribution in [3.63, 3.8) is 0 Å². The minimum atomic E-state index is -2.79. The van der Waals surface area contributed by atoms with E-state index >= 15 is 0 Å². The summed E-state index contributed by atoms with van der Waals surface area (Å²) >= 11 is 0. The van der Waals surface area contributed by atoms with E-state index in [1.54, 1.807) is 30.3 Å². The zero-order chi connectivity index (χ0) is 17.8. The molecule has 0 radical (unpaired) electrons. The summed E-state index contributed by atoms with van der Waals surface area (Å²) in [4.78, 5) is 15.4. The first-order chi connectivity index (χ1) is 12.0. The lowest BCUT2D eigenvalue weighted by Gasteiger charge is -2.18. The Labute approximate surface area is 143 Å². The standard InChI is InChI=1S/C15H16N3O6P/c16-13-6-7-18(15(20)17-13)14-12(19)8-11(23-14)9-22-25(21)24-10-4-2-1-3-5-10/h1-8,12,14,19,25H,9H2,(H2,16,17,20)/t12-,14-/m1/s1. The van der Waals surface area contributed by atoms with Gasteiger partial charge in [-0.25, -0.2) is 9.36 Å². The normalized spacial score (nSPS) is 20.6. The van der Waals surface area contributed by atoms with Crippen molar-refractivity contribution < 1.29 is 23.5 Å². The number of benzene rings is 1. The molecule has 1 aliphatic rings. The number of anilines is 1. The second kappa shape index (κ2) is 7.52. The molecule has 1 unspecified atom stereocenters. The Morgan fingerprint density at radius 1 is 1.32 bits per heavy atom. The Morgan fingerprint density at radius 3 is 2.80 bits per heavy atom. The molecule has 3 rings (SSSR count). The maximum atomic E-state index is 11.8. The molecule has 1 aliphatic heterocycles. The Hall–Kier alpha value is -2.61. The van der Waals surface area contributed by atoms with Crippen molar-refractivity contribution in [1.29, 1.82) is 0 Å². The fourth-order valence-corrected chi connectivity index (χ4v) is 2.85. The highest BCUT2D eigenvalue weighted by molar-refractivity contribution is 7.33. The van der Waals surface area contributed by atoms with Gasteiger partial charge < -0.3 is 20.1 Å². The monoisotopic (exact) mass is 365 g/mol. The van der Waals surface area contributed by atoms with Gasteiger partial charge in [-0.05, 0) is 24.3 Å². The molecule has 0 amide bonds. The van der Waals surface area contributed by atoms with Crippen LogP contribution in [0.5, 0.6) is 5.75 Å². The second-order valence-electron chi connectivity index (χ2n) is 5.13. The van der Waals surface area contributed by atoms with Gasteiger partial charge in [-0.1, -0.05) is 18.2 Å². The summed E-state index contributed by atoms with van der Waals surface area (Å²) in [6.07, 6.45) is 0.665. The van der Waals surface area contributed by atoms with Gasteiger partial charge in [0.05, 0.1) is 0 Å². The number of aromatic nitrogens is 2. The molecular weight excluding hydrogens is 349 g/mol. The van der Waals surface area contributed by atoms with E-state index < -0.39 is 26.3 Å². The topological polar surface area (TPSA) is 126 Å². The van der Waals surface area contributed by atoms with Crippen LogP contribution in [0.1, 0.15) is 6.23 Å². The molecule has 1 aromatic heterocycles. The molecule has 0 bridgehead atoms. The number of nitrogen functional groups attached to an aromatic ring is 1. The summed E-state index contributed by atoms with van der Waals surface area (Å²) < 4.78 is 28.6. The van der Waals surface area contributed by atoms with Crippen molar-refractivity contribution >= 4 is 14.1 Å². The average Bonchev–Trinajstić information content (AvgIpc) is 2.95. The number of hydrogen-bond donors (Lipinski definition) is 2. The van der Waals surface area contributed by atoms with Crippen LogP contribution in [0.25, 0.3) is 0 Å². The molecule has 0 saturated carbocycles. The molecule has 0 saturated heterocycles. The van der Waals surface area contributed by atoms with Crippen molar-refractivity contribution in [3.8, 4) is 5.75 Å². The molecule has 2 aromatic rings. The van der Waals surface area contributed by atoms with Crippen molar-refractivity contribution in [1.82, 2.24) is 9.55 Å². The van der Waals surface area contributed by atoms with Gasteiger partial charge >= 0.3 is 13.9 Å². The highest BCUT2D eigenvalue weighted by Crippen LogP contribution is 2.31. The largest absolute Gasteiger partial charge is 0.469 e. The summed E-state index contributed by atoms with van der Waals surface area (Å²) in [6.45, 7) is -0.171. The van der Waals surface area contributed by atoms with Crippen LogP contribution >= 0.6 is 8.25 Å². The van der Waals surface area contributed by atoms with E-state index in [1.165, 1.54) is 18.3 Å². The van der Waals surface area contributed by atoms with Crippen LogP contribution in [0, 0.1) is 0 Å². The highest BCUT2D eigenvalue weighted by atomic mass is 31.1. The van der Waals surface area contributed by atoms with E-state index in [0.717, 1.165) is 4.57 Å². The highest BCUT2D eigenvalue weighted by Gasteiger charge is 2.30. The fraction of sp³-hybridized carbons (Fsp3) is 0.200. The molecule has 0 aliphatic carbocycles. The van der Waals surface area contributed by atoms with Gasteiger partial charge in [-0.3, -0.25) is 9.09 Å². The molecule has 2 heterocycles. The van der Waals surface area contributed by atoms with Crippen LogP contribution in [-0.4, -0.2) is 27.4 Å². The number of hydrogen-bond acceptors (Lipinski definition) is 8. The molecular formula is C15H16N3O6P. The van der Waals surface area contributed by atoms with Gasteiger partial charge in [-0.15, -0.1) is 0 Å². The fourth-order valence-electron chi connectivity index (χ4n) is 2.20. The molecule has 1 aromatic carbocycles. The number of ether oxygens (including phenoxy) is 1. The first-order valence-electron chi connectivity index (χ1n) is 7.32. The summed E-state index contributed by atoms with van der Waals surface area (Å²) in [5.41, 5.74) is 4.77. The van der Waals surface area contributed by atoms with Gasteiger partial charge in [0.25, 0.3) is 0 Å². The van der Waals surface area contributed by atoms with E-state index in [1.807, 2.05) is 0 Å². The Morgan fingerprint density at radius 2 is 2.08 bits per heavy atom. The lowest BCUT2D eigenvalue weighted by atomic mass is 10.3.